The molecule has 0 unspecified atom stereocenters. The lowest BCUT2D eigenvalue weighted by Gasteiger charge is -2.19. The van der Waals surface area contributed by atoms with E-state index >= 15 is 0 Å². The molecule has 0 radical (unpaired) electrons. The van der Waals surface area contributed by atoms with Crippen LogP contribution in [0.15, 0.2) is 60.3 Å². The number of nitrogens with zero attached hydrogens (tertiary/aromatic N) is 1. The highest BCUT2D eigenvalue weighted by Gasteiger charge is 2.30. The number of rotatable bonds is 6. The van der Waals surface area contributed by atoms with Crippen LogP contribution in [0.1, 0.15) is 36.7 Å². The van der Waals surface area contributed by atoms with Crippen LogP contribution in [0.2, 0.25) is 0 Å². The molecule has 0 aromatic heterocycles. The average Bonchev–Trinajstić information content (AvgIpc) is 2.95. The van der Waals surface area contributed by atoms with Gasteiger partial charge in [-0.05, 0) is 41.3 Å². The number of anilines is 2. The summed E-state index contributed by atoms with van der Waals surface area (Å²) in [7, 11) is 0. The van der Waals surface area contributed by atoms with E-state index in [1.54, 1.807) is 36.4 Å². The molecular formula is C23H25N3O4. The van der Waals surface area contributed by atoms with Gasteiger partial charge in [0, 0.05) is 23.0 Å². The molecule has 0 saturated carbocycles. The van der Waals surface area contributed by atoms with E-state index in [2.05, 4.69) is 31.4 Å². The van der Waals surface area contributed by atoms with Crippen molar-refractivity contribution >= 4 is 29.1 Å². The van der Waals surface area contributed by atoms with Gasteiger partial charge in [0.25, 0.3) is 17.7 Å². The van der Waals surface area contributed by atoms with E-state index in [1.165, 1.54) is 6.08 Å². The third-order valence-corrected chi connectivity index (χ3v) is 4.75. The minimum absolute atomic E-state index is 0.00943. The number of β-amino-alcohol motifs (C(OH)–C–C–N with tert-alkyl or cyclic N) is 1. The fourth-order valence-electron chi connectivity index (χ4n) is 3.06. The molecule has 1 aliphatic rings. The Bertz CT molecular complexity index is 1000. The second kappa shape index (κ2) is 8.51. The summed E-state index contributed by atoms with van der Waals surface area (Å²) in [5.41, 5.74) is 2.92. The lowest BCUT2D eigenvalue weighted by Crippen LogP contribution is -2.34. The molecule has 2 aromatic rings. The van der Waals surface area contributed by atoms with E-state index in [-0.39, 0.29) is 30.2 Å². The SMILES string of the molecule is CC(C)(C)c1ccc(C(=O)Nc2cccc(NC3=CC(=O)N(CCO)C3=O)c2)cc1. The zero-order chi connectivity index (χ0) is 21.9. The predicted molar refractivity (Wildman–Crippen MR) is 115 cm³/mol. The number of carbonyl (C=O) groups excluding carboxylic acids is 3. The summed E-state index contributed by atoms with van der Waals surface area (Å²) < 4.78 is 0. The fraction of sp³-hybridized carbons (Fsp3) is 0.261. The van der Waals surface area contributed by atoms with Gasteiger partial charge < -0.3 is 15.7 Å². The Kier molecular flexibility index (Phi) is 6.03. The van der Waals surface area contributed by atoms with Gasteiger partial charge in [-0.2, -0.15) is 0 Å². The Morgan fingerprint density at radius 2 is 1.70 bits per heavy atom. The standard InChI is InChI=1S/C23H25N3O4/c1-23(2,3)16-9-7-15(8-10-16)21(29)25-18-6-4-5-17(13-18)24-19-14-20(28)26(11-12-27)22(19)30/h4-10,13-14,24,27H,11-12H2,1-3H3,(H,25,29). The van der Waals surface area contributed by atoms with Crippen molar-refractivity contribution in [3.63, 3.8) is 0 Å². The first-order valence-electron chi connectivity index (χ1n) is 9.66. The molecule has 0 bridgehead atoms. The molecule has 3 N–H and O–H groups in total. The van der Waals surface area contributed by atoms with Crippen molar-refractivity contribution in [3.8, 4) is 0 Å². The molecule has 7 heteroatoms. The maximum absolute atomic E-state index is 12.6. The second-order valence-electron chi connectivity index (χ2n) is 8.06. The van der Waals surface area contributed by atoms with Crippen LogP contribution in [0.5, 0.6) is 0 Å². The van der Waals surface area contributed by atoms with Crippen LogP contribution in [-0.4, -0.2) is 40.9 Å². The molecule has 1 heterocycles. The largest absolute Gasteiger partial charge is 0.395 e. The fourth-order valence-corrected chi connectivity index (χ4v) is 3.06. The van der Waals surface area contributed by atoms with Crippen LogP contribution < -0.4 is 10.6 Å². The average molecular weight is 407 g/mol. The number of benzene rings is 2. The van der Waals surface area contributed by atoms with Crippen molar-refractivity contribution in [2.45, 2.75) is 26.2 Å². The van der Waals surface area contributed by atoms with Gasteiger partial charge in [0.05, 0.1) is 13.2 Å². The Morgan fingerprint density at radius 3 is 2.33 bits per heavy atom. The summed E-state index contributed by atoms with van der Waals surface area (Å²) >= 11 is 0. The van der Waals surface area contributed by atoms with Gasteiger partial charge in [-0.25, -0.2) is 0 Å². The highest BCUT2D eigenvalue weighted by Crippen LogP contribution is 2.23. The number of hydrogen-bond donors (Lipinski definition) is 3. The third kappa shape index (κ3) is 4.75. The summed E-state index contributed by atoms with van der Waals surface area (Å²) in [5, 5.41) is 14.7. The van der Waals surface area contributed by atoms with E-state index in [1.807, 2.05) is 12.1 Å². The summed E-state index contributed by atoms with van der Waals surface area (Å²) in [6, 6.07) is 14.3. The van der Waals surface area contributed by atoms with Gasteiger partial charge in [0.15, 0.2) is 0 Å². The Hall–Kier alpha value is -3.45. The topological polar surface area (TPSA) is 98.7 Å². The molecule has 156 valence electrons. The quantitative estimate of drug-likeness (QED) is 0.640. The van der Waals surface area contributed by atoms with Crippen LogP contribution in [0.4, 0.5) is 11.4 Å². The lowest BCUT2D eigenvalue weighted by molar-refractivity contribution is -0.137. The number of aliphatic hydroxyl groups excluding tert-OH is 1. The minimum atomic E-state index is -0.498. The molecule has 0 aliphatic carbocycles. The van der Waals surface area contributed by atoms with Crippen molar-refractivity contribution < 1.29 is 19.5 Å². The Morgan fingerprint density at radius 1 is 1.03 bits per heavy atom. The van der Waals surface area contributed by atoms with Crippen LogP contribution in [0.3, 0.4) is 0 Å². The Balaban J connectivity index is 1.69. The van der Waals surface area contributed by atoms with Crippen molar-refractivity contribution in [2.75, 3.05) is 23.8 Å². The molecule has 0 fully saturated rings. The van der Waals surface area contributed by atoms with E-state index < -0.39 is 11.8 Å². The van der Waals surface area contributed by atoms with Crippen LogP contribution in [-0.2, 0) is 15.0 Å². The van der Waals surface area contributed by atoms with E-state index in [4.69, 9.17) is 5.11 Å². The van der Waals surface area contributed by atoms with Crippen LogP contribution in [0.25, 0.3) is 0 Å². The van der Waals surface area contributed by atoms with E-state index in [9.17, 15) is 14.4 Å². The molecule has 1 aliphatic heterocycles. The molecular weight excluding hydrogens is 382 g/mol. The molecule has 3 amide bonds. The number of carbonyl (C=O) groups is 3. The van der Waals surface area contributed by atoms with Crippen molar-refractivity contribution in [2.24, 2.45) is 0 Å². The highest BCUT2D eigenvalue weighted by atomic mass is 16.3. The van der Waals surface area contributed by atoms with E-state index in [0.717, 1.165) is 10.5 Å². The molecule has 0 atom stereocenters. The second-order valence-corrected chi connectivity index (χ2v) is 8.06. The molecule has 3 rings (SSSR count). The summed E-state index contributed by atoms with van der Waals surface area (Å²) in [4.78, 5) is 37.6. The first-order valence-corrected chi connectivity index (χ1v) is 9.66. The summed E-state index contributed by atoms with van der Waals surface area (Å²) in [6.07, 6.45) is 1.19. The van der Waals surface area contributed by atoms with Gasteiger partial charge in [-0.1, -0.05) is 39.0 Å². The van der Waals surface area contributed by atoms with Crippen molar-refractivity contribution in [1.82, 2.24) is 4.90 Å². The molecule has 0 saturated heterocycles. The lowest BCUT2D eigenvalue weighted by atomic mass is 9.87. The third-order valence-electron chi connectivity index (χ3n) is 4.75. The highest BCUT2D eigenvalue weighted by molar-refractivity contribution is 6.17. The van der Waals surface area contributed by atoms with Gasteiger partial charge >= 0.3 is 0 Å². The molecule has 0 spiro atoms. The van der Waals surface area contributed by atoms with Crippen molar-refractivity contribution in [1.29, 1.82) is 0 Å². The maximum atomic E-state index is 12.6. The molecule has 2 aromatic carbocycles. The van der Waals surface area contributed by atoms with E-state index in [0.29, 0.717) is 16.9 Å². The zero-order valence-corrected chi connectivity index (χ0v) is 17.2. The number of imide groups is 1. The number of nitrogens with one attached hydrogen (secondary N) is 2. The summed E-state index contributed by atoms with van der Waals surface area (Å²) in [5.74, 6) is -1.21. The number of hydrogen-bond acceptors (Lipinski definition) is 5. The van der Waals surface area contributed by atoms with Crippen LogP contribution >= 0.6 is 0 Å². The molecule has 30 heavy (non-hydrogen) atoms. The predicted octanol–water partition coefficient (Wildman–Crippen LogP) is 2.89. The maximum Gasteiger partial charge on any atom is 0.277 e. The van der Waals surface area contributed by atoms with Gasteiger partial charge in [-0.3, -0.25) is 19.3 Å². The zero-order valence-electron chi connectivity index (χ0n) is 17.2. The van der Waals surface area contributed by atoms with Crippen LogP contribution in [0, 0.1) is 0 Å². The normalized spacial score (nSPS) is 14.0. The van der Waals surface area contributed by atoms with Gasteiger partial charge in [0.1, 0.15) is 5.70 Å². The van der Waals surface area contributed by atoms with Gasteiger partial charge in [0.2, 0.25) is 0 Å². The van der Waals surface area contributed by atoms with Gasteiger partial charge in [-0.15, -0.1) is 0 Å². The Labute approximate surface area is 175 Å². The monoisotopic (exact) mass is 407 g/mol. The number of aliphatic hydroxyl groups is 1. The summed E-state index contributed by atoms with van der Waals surface area (Å²) in [6.45, 7) is 5.99. The number of amides is 3. The minimum Gasteiger partial charge on any atom is -0.395 e. The first kappa shape index (κ1) is 21.3. The van der Waals surface area contributed by atoms with Crippen molar-refractivity contribution in [3.05, 3.63) is 71.4 Å². The molecule has 7 nitrogen and oxygen atoms in total. The first-order chi connectivity index (χ1) is 14.2. The smallest absolute Gasteiger partial charge is 0.277 e.